The van der Waals surface area contributed by atoms with Gasteiger partial charge in [-0.15, -0.1) is 0 Å². The lowest BCUT2D eigenvalue weighted by molar-refractivity contribution is -0.671. The molecule has 0 saturated heterocycles. The molecular formula is C16H15N2+. The fourth-order valence-corrected chi connectivity index (χ4v) is 2.12. The summed E-state index contributed by atoms with van der Waals surface area (Å²) in [5, 5.41) is 0. The van der Waals surface area contributed by atoms with E-state index in [1.165, 1.54) is 11.1 Å². The van der Waals surface area contributed by atoms with E-state index in [1.54, 1.807) is 0 Å². The van der Waals surface area contributed by atoms with Crippen LogP contribution in [0.25, 0.3) is 6.08 Å². The van der Waals surface area contributed by atoms with Gasteiger partial charge in [0.25, 0.3) is 0 Å². The maximum absolute atomic E-state index is 4.43. The highest BCUT2D eigenvalue weighted by atomic mass is 14.9. The Morgan fingerprint density at radius 2 is 1.89 bits per heavy atom. The fourth-order valence-electron chi connectivity index (χ4n) is 2.12. The van der Waals surface area contributed by atoms with Crippen LogP contribution in [0.4, 0.5) is 5.69 Å². The van der Waals surface area contributed by atoms with Crippen LogP contribution in [-0.2, 0) is 7.05 Å². The minimum atomic E-state index is 0.301. The zero-order valence-corrected chi connectivity index (χ0v) is 10.3. The summed E-state index contributed by atoms with van der Waals surface area (Å²) in [6.07, 6.45) is 10.5. The van der Waals surface area contributed by atoms with Crippen molar-refractivity contribution in [3.8, 4) is 0 Å². The van der Waals surface area contributed by atoms with Gasteiger partial charge in [-0.1, -0.05) is 30.4 Å². The van der Waals surface area contributed by atoms with Crippen LogP contribution < -0.4 is 4.57 Å². The van der Waals surface area contributed by atoms with E-state index >= 15 is 0 Å². The van der Waals surface area contributed by atoms with Crippen molar-refractivity contribution in [3.63, 3.8) is 0 Å². The topological polar surface area (TPSA) is 16.2 Å². The smallest absolute Gasteiger partial charge is 0.169 e. The van der Waals surface area contributed by atoms with Crippen LogP contribution in [0.5, 0.6) is 0 Å². The SMILES string of the molecule is C[n+]1ccc(/C=C/C2C=Nc3ccccc32)cc1. The molecule has 3 rings (SSSR count). The van der Waals surface area contributed by atoms with Crippen molar-refractivity contribution in [2.24, 2.45) is 12.0 Å². The standard InChI is InChI=1S/C16H15N2/c1-18-10-8-13(9-11-18)6-7-14-12-17-16-5-3-2-4-15(14)16/h2-12,14H,1H3/q+1/b7-6+. The van der Waals surface area contributed by atoms with Gasteiger partial charge in [-0.25, -0.2) is 4.57 Å². The number of hydrogen-bond donors (Lipinski definition) is 0. The fraction of sp³-hybridized carbons (Fsp3) is 0.125. The van der Waals surface area contributed by atoms with Gasteiger partial charge in [0.05, 0.1) is 5.69 Å². The van der Waals surface area contributed by atoms with Gasteiger partial charge in [-0.2, -0.15) is 0 Å². The molecule has 0 N–H and O–H groups in total. The predicted octanol–water partition coefficient (Wildman–Crippen LogP) is 3.02. The Morgan fingerprint density at radius 3 is 2.72 bits per heavy atom. The molecule has 2 nitrogen and oxygen atoms in total. The number of benzene rings is 1. The Balaban J connectivity index is 1.82. The number of aryl methyl sites for hydroxylation is 1. The molecule has 88 valence electrons. The Bertz CT molecular complexity index is 609. The number of para-hydroxylation sites is 1. The van der Waals surface area contributed by atoms with E-state index in [-0.39, 0.29) is 0 Å². The molecule has 0 radical (unpaired) electrons. The number of allylic oxidation sites excluding steroid dienone is 1. The van der Waals surface area contributed by atoms with Gasteiger partial charge in [0, 0.05) is 24.3 Å². The van der Waals surface area contributed by atoms with Gasteiger partial charge in [-0.3, -0.25) is 4.99 Å². The number of rotatable bonds is 2. The lowest BCUT2D eigenvalue weighted by Gasteiger charge is -2.02. The monoisotopic (exact) mass is 235 g/mol. The van der Waals surface area contributed by atoms with Crippen molar-refractivity contribution in [3.05, 3.63) is 66.0 Å². The molecule has 1 unspecified atom stereocenters. The summed E-state index contributed by atoms with van der Waals surface area (Å²) in [4.78, 5) is 4.43. The molecule has 1 aromatic heterocycles. The first kappa shape index (κ1) is 10.9. The van der Waals surface area contributed by atoms with Crippen molar-refractivity contribution in [1.82, 2.24) is 0 Å². The molecule has 1 atom stereocenters. The zero-order chi connectivity index (χ0) is 12.4. The average Bonchev–Trinajstić information content (AvgIpc) is 2.82. The Morgan fingerprint density at radius 1 is 1.11 bits per heavy atom. The van der Waals surface area contributed by atoms with Gasteiger partial charge in [-0.05, 0) is 17.2 Å². The maximum Gasteiger partial charge on any atom is 0.169 e. The highest BCUT2D eigenvalue weighted by Crippen LogP contribution is 2.32. The number of fused-ring (bicyclic) bond motifs is 1. The van der Waals surface area contributed by atoms with E-state index in [9.17, 15) is 0 Å². The molecule has 0 bridgehead atoms. The van der Waals surface area contributed by atoms with Gasteiger partial charge < -0.3 is 0 Å². The minimum Gasteiger partial charge on any atom is -0.260 e. The minimum absolute atomic E-state index is 0.301. The normalized spacial score (nSPS) is 17.3. The molecule has 0 aliphatic carbocycles. The van der Waals surface area contributed by atoms with Crippen molar-refractivity contribution in [2.75, 3.05) is 0 Å². The number of aliphatic imine (C=N–C) groups is 1. The summed E-state index contributed by atoms with van der Waals surface area (Å²) >= 11 is 0. The second-order valence-electron chi connectivity index (χ2n) is 4.52. The molecule has 0 spiro atoms. The highest BCUT2D eigenvalue weighted by Gasteiger charge is 2.14. The molecule has 0 saturated carbocycles. The van der Waals surface area contributed by atoms with Crippen molar-refractivity contribution < 1.29 is 4.57 Å². The molecule has 18 heavy (non-hydrogen) atoms. The number of nitrogens with zero attached hydrogens (tertiary/aromatic N) is 2. The molecular weight excluding hydrogens is 220 g/mol. The molecule has 0 fully saturated rings. The molecule has 2 aromatic rings. The molecule has 1 aliphatic heterocycles. The lowest BCUT2D eigenvalue weighted by atomic mass is 10.00. The second kappa shape index (κ2) is 4.57. The zero-order valence-electron chi connectivity index (χ0n) is 10.3. The first-order valence-corrected chi connectivity index (χ1v) is 6.09. The summed E-state index contributed by atoms with van der Waals surface area (Å²) < 4.78 is 2.03. The van der Waals surface area contributed by atoms with Gasteiger partial charge in [0.15, 0.2) is 12.4 Å². The van der Waals surface area contributed by atoms with E-state index in [4.69, 9.17) is 0 Å². The van der Waals surface area contributed by atoms with Gasteiger partial charge >= 0.3 is 0 Å². The van der Waals surface area contributed by atoms with Crippen LogP contribution in [0.3, 0.4) is 0 Å². The molecule has 2 heterocycles. The first-order valence-electron chi connectivity index (χ1n) is 6.09. The van der Waals surface area contributed by atoms with Crippen LogP contribution in [0, 0.1) is 0 Å². The summed E-state index contributed by atoms with van der Waals surface area (Å²) in [5.41, 5.74) is 3.59. The highest BCUT2D eigenvalue weighted by molar-refractivity contribution is 5.83. The number of aromatic nitrogens is 1. The first-order chi connectivity index (χ1) is 8.83. The van der Waals surface area contributed by atoms with E-state index < -0.39 is 0 Å². The molecule has 1 aromatic carbocycles. The molecule has 1 aliphatic rings. The summed E-state index contributed by atoms with van der Waals surface area (Å²) in [5.74, 6) is 0.301. The van der Waals surface area contributed by atoms with E-state index in [2.05, 4.69) is 59.9 Å². The van der Waals surface area contributed by atoms with Crippen LogP contribution in [0.15, 0.2) is 59.9 Å². The van der Waals surface area contributed by atoms with Crippen LogP contribution in [0.2, 0.25) is 0 Å². The van der Waals surface area contributed by atoms with Gasteiger partial charge in [0.1, 0.15) is 7.05 Å². The Hall–Kier alpha value is -2.22. The van der Waals surface area contributed by atoms with E-state index in [1.807, 2.05) is 23.9 Å². The third kappa shape index (κ3) is 2.09. The third-order valence-electron chi connectivity index (χ3n) is 3.17. The maximum atomic E-state index is 4.43. The summed E-state index contributed by atoms with van der Waals surface area (Å²) in [6, 6.07) is 12.5. The Kier molecular flexibility index (Phi) is 2.77. The number of hydrogen-bond acceptors (Lipinski definition) is 1. The van der Waals surface area contributed by atoms with Crippen LogP contribution in [0.1, 0.15) is 17.0 Å². The third-order valence-corrected chi connectivity index (χ3v) is 3.17. The van der Waals surface area contributed by atoms with Crippen molar-refractivity contribution in [1.29, 1.82) is 0 Å². The Labute approximate surface area is 107 Å². The van der Waals surface area contributed by atoms with Crippen molar-refractivity contribution >= 4 is 18.0 Å². The van der Waals surface area contributed by atoms with E-state index in [0.717, 1.165) is 5.69 Å². The second-order valence-corrected chi connectivity index (χ2v) is 4.52. The summed E-state index contributed by atoms with van der Waals surface area (Å²) in [7, 11) is 2.02. The molecule has 2 heteroatoms. The molecule has 0 amide bonds. The predicted molar refractivity (Wildman–Crippen MR) is 74.0 cm³/mol. The van der Waals surface area contributed by atoms with E-state index in [0.29, 0.717) is 5.92 Å². The van der Waals surface area contributed by atoms with Crippen molar-refractivity contribution in [2.45, 2.75) is 5.92 Å². The van der Waals surface area contributed by atoms with Crippen LogP contribution in [-0.4, -0.2) is 6.21 Å². The van der Waals surface area contributed by atoms with Gasteiger partial charge in [0.2, 0.25) is 0 Å². The number of pyridine rings is 1. The largest absolute Gasteiger partial charge is 0.260 e. The average molecular weight is 235 g/mol. The summed E-state index contributed by atoms with van der Waals surface area (Å²) in [6.45, 7) is 0. The van der Waals surface area contributed by atoms with Crippen LogP contribution >= 0.6 is 0 Å². The quantitative estimate of drug-likeness (QED) is 0.711. The lowest BCUT2D eigenvalue weighted by Crippen LogP contribution is -2.25.